The summed E-state index contributed by atoms with van der Waals surface area (Å²) in [5, 5.41) is 31.8. The minimum absolute atomic E-state index is 0.110. The predicted molar refractivity (Wildman–Crippen MR) is 398 cm³/mol. The van der Waals surface area contributed by atoms with Crippen molar-refractivity contribution in [1.82, 2.24) is 29.9 Å². The molecule has 3 N–H and O–H groups in total. The molecule has 3 aliphatic carbocycles. The van der Waals surface area contributed by atoms with Gasteiger partial charge in [-0.2, -0.15) is 0 Å². The lowest BCUT2D eigenvalue weighted by molar-refractivity contribution is 0.0509. The Labute approximate surface area is 604 Å². The van der Waals surface area contributed by atoms with Crippen LogP contribution in [0.25, 0.3) is 32.7 Å². The summed E-state index contributed by atoms with van der Waals surface area (Å²) in [4.78, 5) is 40.0. The van der Waals surface area contributed by atoms with Crippen LogP contribution in [0.2, 0.25) is 0 Å². The molecule has 21 heteroatoms. The number of nitrogens with zero attached hydrogens (tertiary/aromatic N) is 12. The minimum atomic E-state index is -1.56. The molecule has 0 radical (unpaired) electrons. The van der Waals surface area contributed by atoms with Gasteiger partial charge in [-0.15, -0.1) is 0 Å². The van der Waals surface area contributed by atoms with Gasteiger partial charge in [-0.05, 0) is 217 Å². The lowest BCUT2D eigenvalue weighted by Crippen LogP contribution is -2.36. The average molecular weight is 1420 g/mol. The summed E-state index contributed by atoms with van der Waals surface area (Å²) in [6.07, 6.45) is 10.5. The van der Waals surface area contributed by atoms with Gasteiger partial charge in [-0.1, -0.05) is 72.8 Å². The molecule has 3 atom stereocenters. The Morgan fingerprint density at radius 2 is 0.596 bits per heavy atom. The van der Waals surface area contributed by atoms with Crippen molar-refractivity contribution in [3.8, 4) is 0 Å². The van der Waals surface area contributed by atoms with E-state index in [0.717, 1.165) is 108 Å². The van der Waals surface area contributed by atoms with E-state index in [4.69, 9.17) is 15.0 Å². The van der Waals surface area contributed by atoms with Gasteiger partial charge < -0.3 is 44.7 Å². The van der Waals surface area contributed by atoms with Crippen LogP contribution in [0.1, 0.15) is 178 Å². The van der Waals surface area contributed by atoms with Crippen molar-refractivity contribution in [3.63, 3.8) is 0 Å². The highest BCUT2D eigenvalue weighted by molar-refractivity contribution is 5.95. The fourth-order valence-electron chi connectivity index (χ4n) is 17.4. The van der Waals surface area contributed by atoms with Crippen molar-refractivity contribution in [2.75, 3.05) is 108 Å². The van der Waals surface area contributed by atoms with Crippen LogP contribution in [0.4, 0.5) is 60.9 Å². The van der Waals surface area contributed by atoms with Gasteiger partial charge in [0.15, 0.2) is 51.9 Å². The summed E-state index contributed by atoms with van der Waals surface area (Å²) in [6, 6.07) is 35.8. The first-order valence-electron chi connectivity index (χ1n) is 38.1. The molecule has 6 aromatic carbocycles. The minimum Gasteiger partial charge on any atom is -0.391 e. The quantitative estimate of drug-likeness (QED) is 0.0992. The van der Waals surface area contributed by atoms with Crippen LogP contribution < -0.4 is 29.4 Å². The summed E-state index contributed by atoms with van der Waals surface area (Å²) in [6.45, 7) is 14.6. The number of aliphatic hydroxyl groups excluding tert-OH is 3. The molecular formula is C83H94F6N12O3. The van der Waals surface area contributed by atoms with E-state index >= 15 is 26.3 Å². The number of fused-ring (bicyclic) bond motifs is 3. The summed E-state index contributed by atoms with van der Waals surface area (Å²) < 4.78 is 92.1. The van der Waals surface area contributed by atoms with Crippen LogP contribution in [0.5, 0.6) is 0 Å². The van der Waals surface area contributed by atoms with Crippen molar-refractivity contribution in [2.45, 2.75) is 183 Å². The topological polar surface area (TPSA) is 157 Å². The number of aromatic nitrogens is 6. The molecule has 0 spiro atoms. The van der Waals surface area contributed by atoms with Crippen molar-refractivity contribution in [3.05, 3.63) is 178 Å². The molecule has 546 valence electrons. The van der Waals surface area contributed by atoms with E-state index in [1.54, 1.807) is 0 Å². The number of aryl methyl sites for hydroxylation is 3. The number of halogens is 6. The molecule has 0 bridgehead atoms. The molecule has 9 aliphatic rings. The largest absolute Gasteiger partial charge is 0.391 e. The third-order valence-electron chi connectivity index (χ3n) is 24.2. The van der Waals surface area contributed by atoms with Crippen molar-refractivity contribution < 1.29 is 41.7 Å². The zero-order chi connectivity index (χ0) is 71.8. The lowest BCUT2D eigenvalue weighted by atomic mass is 9.81. The van der Waals surface area contributed by atoms with E-state index in [9.17, 15) is 15.3 Å². The van der Waals surface area contributed by atoms with Crippen LogP contribution >= 0.6 is 0 Å². The van der Waals surface area contributed by atoms with Gasteiger partial charge in [0.1, 0.15) is 34.0 Å². The third-order valence-corrected chi connectivity index (χ3v) is 24.2. The Morgan fingerprint density at radius 3 is 0.827 bits per heavy atom. The Hall–Kier alpha value is -8.40. The second-order valence-electron chi connectivity index (χ2n) is 31.2. The molecule has 9 fully saturated rings. The molecule has 9 aromatic rings. The van der Waals surface area contributed by atoms with E-state index in [1.807, 2.05) is 32.9 Å². The van der Waals surface area contributed by atoms with Gasteiger partial charge in [0, 0.05) is 112 Å². The number of piperidine rings is 3. The molecule has 18 rings (SSSR count). The molecule has 0 amide bonds. The predicted octanol–water partition coefficient (Wildman–Crippen LogP) is 15.8. The summed E-state index contributed by atoms with van der Waals surface area (Å²) >= 11 is 0. The molecule has 104 heavy (non-hydrogen) atoms. The molecule has 3 aromatic heterocycles. The Bertz CT molecular complexity index is 4470. The molecule has 15 nitrogen and oxygen atoms in total. The molecule has 6 saturated heterocycles. The lowest BCUT2D eigenvalue weighted by Gasteiger charge is -2.36. The summed E-state index contributed by atoms with van der Waals surface area (Å²) in [5.41, 5.74) is 6.16. The van der Waals surface area contributed by atoms with Gasteiger partial charge in [0.05, 0.1) is 18.3 Å². The van der Waals surface area contributed by atoms with Crippen molar-refractivity contribution >= 4 is 67.2 Å². The summed E-state index contributed by atoms with van der Waals surface area (Å²) in [5.74, 6) is 2.30. The van der Waals surface area contributed by atoms with Gasteiger partial charge in [-0.3, -0.25) is 0 Å². The third kappa shape index (κ3) is 13.9. The highest BCUT2D eigenvalue weighted by Crippen LogP contribution is 2.51. The number of alkyl halides is 3. The van der Waals surface area contributed by atoms with E-state index in [0.29, 0.717) is 148 Å². The first-order valence-corrected chi connectivity index (χ1v) is 38.1. The Balaban J connectivity index is 0.000000120. The SMILES string of the molecule is Cc1ccccc1C1CCN(c2nc(C3(F)CC3)nc3c(F)cc(N4CC[C@@H](O)C4)cc23)CC1.Cc1ccccc1C1CCN(c2nc(C3(F)CCC3)nc3c(F)cc(N4CC[C@@H](O)C4)cc23)CC1.Cc1ccccc1C1CCN(c2nc(C3(F)CCC3)nc3c(F)cc(N4CC[C@H](O)C4)cc23)CC1. The Kier molecular flexibility index (Phi) is 19.2. The fraction of sp³-hybridized carbons (Fsp3) is 0.494. The number of anilines is 6. The standard InChI is InChI=1S/2C28H32F2N4O.C27H30F2N4O/c2*1-18-5-2-3-6-22(18)19-7-12-33(13-8-19)26-23-15-20(34-14-9-21(35)17-34)16-24(29)25(23)31-27(32-26)28(30)10-4-11-28;1-17-4-2-3-5-21(17)18-6-11-32(12-7-18)25-22-14-19(33-13-8-20(34)16-33)15-23(28)24(22)30-26(31-25)27(29)9-10-27/h2*2-3,5-6,15-16,19,21,35H,4,7-14,17H2,1H3;2-5,14-15,18,20,34H,6-13,16H2,1H3/t2*21-;20-/m101/s1. The van der Waals surface area contributed by atoms with E-state index < -0.39 is 52.8 Å². The van der Waals surface area contributed by atoms with E-state index in [2.05, 4.69) is 123 Å². The van der Waals surface area contributed by atoms with Crippen LogP contribution in [0, 0.1) is 38.2 Å². The number of benzene rings is 6. The van der Waals surface area contributed by atoms with E-state index in [-0.39, 0.29) is 34.0 Å². The van der Waals surface area contributed by atoms with E-state index in [1.165, 1.54) is 51.6 Å². The monoisotopic (exact) mass is 1420 g/mol. The number of aliphatic hydroxyl groups is 3. The first kappa shape index (κ1) is 69.9. The second-order valence-corrected chi connectivity index (χ2v) is 31.2. The second kappa shape index (κ2) is 28.5. The highest BCUT2D eigenvalue weighted by Gasteiger charge is 2.49. The highest BCUT2D eigenvalue weighted by atomic mass is 19.2. The maximum atomic E-state index is 15.4. The first-order chi connectivity index (χ1) is 50.2. The number of β-amino-alcohol motifs (C(OH)–C–C–N with tert-alkyl or cyclic N) is 3. The molecule has 3 saturated carbocycles. The van der Waals surface area contributed by atoms with Crippen LogP contribution in [-0.4, -0.2) is 142 Å². The fourth-order valence-corrected chi connectivity index (χ4v) is 17.4. The maximum absolute atomic E-state index is 15.4. The van der Waals surface area contributed by atoms with Crippen LogP contribution in [0.3, 0.4) is 0 Å². The van der Waals surface area contributed by atoms with Crippen LogP contribution in [0.15, 0.2) is 109 Å². The molecular weight excluding hydrogens is 1330 g/mol. The smallest absolute Gasteiger partial charge is 0.170 e. The number of hydrogen-bond donors (Lipinski definition) is 3. The zero-order valence-corrected chi connectivity index (χ0v) is 59.8. The maximum Gasteiger partial charge on any atom is 0.170 e. The van der Waals surface area contributed by atoms with Crippen molar-refractivity contribution in [2.24, 2.45) is 0 Å². The zero-order valence-electron chi connectivity index (χ0n) is 59.8. The Morgan fingerprint density at radius 1 is 0.337 bits per heavy atom. The number of hydrogen-bond acceptors (Lipinski definition) is 15. The molecule has 6 aliphatic heterocycles. The van der Waals surface area contributed by atoms with Gasteiger partial charge >= 0.3 is 0 Å². The average Bonchev–Trinajstić information content (AvgIpc) is 1.18. The van der Waals surface area contributed by atoms with Gasteiger partial charge in [-0.25, -0.2) is 56.2 Å². The molecule has 9 heterocycles. The molecule has 0 unspecified atom stereocenters. The number of rotatable bonds is 12. The van der Waals surface area contributed by atoms with Crippen molar-refractivity contribution in [1.29, 1.82) is 0 Å². The normalized spacial score (nSPS) is 22.6. The van der Waals surface area contributed by atoms with Crippen LogP contribution in [-0.2, 0) is 17.0 Å². The van der Waals surface area contributed by atoms with Gasteiger partial charge in [0.2, 0.25) is 0 Å². The summed E-state index contributed by atoms with van der Waals surface area (Å²) in [7, 11) is 0. The van der Waals surface area contributed by atoms with Gasteiger partial charge in [0.25, 0.3) is 0 Å².